The quantitative estimate of drug-likeness (QED) is 0.0887. The molecule has 34 heavy (non-hydrogen) atoms. The predicted octanol–water partition coefficient (Wildman–Crippen LogP) is 1.22. The van der Waals surface area contributed by atoms with Gasteiger partial charge in [-0.05, 0) is 5.57 Å². The van der Waals surface area contributed by atoms with Crippen LogP contribution in [-0.2, 0) is 19.2 Å². The number of thiazole rings is 1. The number of anilines is 1. The second-order valence-corrected chi connectivity index (χ2v) is 11.5. The van der Waals surface area contributed by atoms with Crippen LogP contribution in [0.25, 0.3) is 0 Å². The van der Waals surface area contributed by atoms with Gasteiger partial charge in [0, 0.05) is 22.2 Å². The molecule has 0 aromatic carbocycles. The van der Waals surface area contributed by atoms with E-state index < -0.39 is 29.2 Å². The molecule has 2 amide bonds. The van der Waals surface area contributed by atoms with Crippen molar-refractivity contribution in [3.63, 3.8) is 0 Å². The number of carboxylic acid groups (broad SMARTS) is 1. The number of rotatable bonds is 10. The number of nitrogens with zero attached hydrogens (tertiary/aromatic N) is 5. The van der Waals surface area contributed by atoms with Crippen molar-refractivity contribution in [3.05, 3.63) is 27.9 Å². The SMILES string of the molecule is Nc1nc(/C(=N/OCCBr)C(=O)NC2C(=O)N3C(C(=O)O)=C(CSc4nncs4)CS[C@H]23)cs1. The number of nitrogen functional groups attached to an aromatic ring is 1. The van der Waals surface area contributed by atoms with Crippen molar-refractivity contribution in [2.45, 2.75) is 15.8 Å². The van der Waals surface area contributed by atoms with E-state index in [2.05, 4.69) is 41.6 Å². The van der Waals surface area contributed by atoms with E-state index in [1.807, 2.05) is 0 Å². The Kier molecular flexibility index (Phi) is 8.07. The summed E-state index contributed by atoms with van der Waals surface area (Å²) in [5.41, 5.74) is 7.91. The number of β-lactam (4-membered cyclic amide) rings is 1. The van der Waals surface area contributed by atoms with Gasteiger partial charge in [-0.1, -0.05) is 44.2 Å². The maximum atomic E-state index is 13.0. The number of hydrogen-bond acceptors (Lipinski definition) is 13. The summed E-state index contributed by atoms with van der Waals surface area (Å²) in [7, 11) is 0. The Bertz CT molecular complexity index is 1160. The molecular weight excluding hydrogens is 590 g/mol. The molecule has 2 aliphatic rings. The summed E-state index contributed by atoms with van der Waals surface area (Å²) < 4.78 is 0.709. The lowest BCUT2D eigenvalue weighted by molar-refractivity contribution is -0.150. The summed E-state index contributed by atoms with van der Waals surface area (Å²) in [6.45, 7) is 0.218. The Morgan fingerprint density at radius 1 is 1.44 bits per heavy atom. The number of nitrogens with two attached hydrogens (primary N) is 1. The van der Waals surface area contributed by atoms with Crippen LogP contribution in [0, 0.1) is 0 Å². The number of amides is 2. The van der Waals surface area contributed by atoms with Crippen molar-refractivity contribution >= 4 is 90.8 Å². The summed E-state index contributed by atoms with van der Waals surface area (Å²) in [6.07, 6.45) is 0. The summed E-state index contributed by atoms with van der Waals surface area (Å²) >= 11 is 8.43. The molecule has 2 aliphatic heterocycles. The molecule has 180 valence electrons. The number of carboxylic acids is 1. The molecule has 0 radical (unpaired) electrons. The molecule has 4 heterocycles. The van der Waals surface area contributed by atoms with Gasteiger partial charge in [-0.15, -0.1) is 33.3 Å². The van der Waals surface area contributed by atoms with E-state index in [0.29, 0.717) is 26.7 Å². The topological polar surface area (TPSA) is 173 Å². The van der Waals surface area contributed by atoms with Gasteiger partial charge in [-0.25, -0.2) is 9.78 Å². The number of carbonyl (C=O) groups excluding carboxylic acids is 2. The summed E-state index contributed by atoms with van der Waals surface area (Å²) in [4.78, 5) is 48.3. The zero-order valence-electron chi connectivity index (χ0n) is 17.0. The van der Waals surface area contributed by atoms with Crippen LogP contribution in [0.4, 0.5) is 5.13 Å². The monoisotopic (exact) mass is 605 g/mol. The Hall–Kier alpha value is -2.21. The molecule has 0 bridgehead atoms. The molecule has 0 aliphatic carbocycles. The van der Waals surface area contributed by atoms with Crippen molar-refractivity contribution in [2.75, 3.05) is 29.2 Å². The van der Waals surface area contributed by atoms with Crippen LogP contribution in [0.1, 0.15) is 5.69 Å². The van der Waals surface area contributed by atoms with Crippen LogP contribution in [0.5, 0.6) is 0 Å². The predicted molar refractivity (Wildman–Crippen MR) is 133 cm³/mol. The molecule has 0 saturated carbocycles. The highest BCUT2D eigenvalue weighted by molar-refractivity contribution is 9.09. The van der Waals surface area contributed by atoms with Gasteiger partial charge in [0.05, 0.1) is 0 Å². The number of aromatic nitrogens is 3. The fraction of sp³-hybridized carbons (Fsp3) is 0.353. The third-order valence-corrected chi connectivity index (χ3v) is 8.83. The molecule has 2 aromatic heterocycles. The van der Waals surface area contributed by atoms with E-state index >= 15 is 0 Å². The Labute approximate surface area is 217 Å². The largest absolute Gasteiger partial charge is 0.477 e. The first-order valence-corrected chi connectivity index (χ1v) is 14.4. The minimum atomic E-state index is -1.19. The van der Waals surface area contributed by atoms with Crippen molar-refractivity contribution in [1.29, 1.82) is 0 Å². The van der Waals surface area contributed by atoms with Crippen molar-refractivity contribution < 1.29 is 24.3 Å². The van der Waals surface area contributed by atoms with Gasteiger partial charge in [-0.3, -0.25) is 14.5 Å². The number of nitrogens with one attached hydrogen (secondary N) is 1. The smallest absolute Gasteiger partial charge is 0.352 e. The maximum absolute atomic E-state index is 13.0. The van der Waals surface area contributed by atoms with Gasteiger partial charge in [0.15, 0.2) is 15.2 Å². The third kappa shape index (κ3) is 5.22. The van der Waals surface area contributed by atoms with Gasteiger partial charge < -0.3 is 21.0 Å². The Balaban J connectivity index is 1.49. The van der Waals surface area contributed by atoms with Crippen molar-refractivity contribution in [2.24, 2.45) is 5.16 Å². The second-order valence-electron chi connectivity index (χ2n) is 6.64. The minimum Gasteiger partial charge on any atom is -0.477 e. The first kappa shape index (κ1) is 24.9. The normalized spacial score (nSPS) is 20.1. The lowest BCUT2D eigenvalue weighted by atomic mass is 10.0. The van der Waals surface area contributed by atoms with Gasteiger partial charge in [0.2, 0.25) is 0 Å². The fourth-order valence-corrected chi connectivity index (χ4v) is 6.79. The van der Waals surface area contributed by atoms with Crippen LogP contribution in [0.2, 0.25) is 0 Å². The highest BCUT2D eigenvalue weighted by Gasteiger charge is 2.54. The number of oxime groups is 1. The number of carbonyl (C=O) groups is 3. The zero-order valence-corrected chi connectivity index (χ0v) is 21.9. The number of hydrogen-bond donors (Lipinski definition) is 3. The number of alkyl halides is 1. The molecular formula is C17H16BrN7O5S4. The highest BCUT2D eigenvalue weighted by Crippen LogP contribution is 2.41. The Morgan fingerprint density at radius 3 is 2.91 bits per heavy atom. The molecule has 12 nitrogen and oxygen atoms in total. The average Bonchev–Trinajstić information content (AvgIpc) is 3.49. The van der Waals surface area contributed by atoms with E-state index in [1.54, 1.807) is 10.9 Å². The summed E-state index contributed by atoms with van der Waals surface area (Å²) in [5.74, 6) is -1.62. The van der Waals surface area contributed by atoms with Crippen LogP contribution in [0.15, 0.2) is 31.7 Å². The van der Waals surface area contributed by atoms with E-state index in [9.17, 15) is 19.5 Å². The second kappa shape index (κ2) is 11.0. The van der Waals surface area contributed by atoms with Gasteiger partial charge in [-0.2, -0.15) is 0 Å². The first-order valence-electron chi connectivity index (χ1n) is 9.47. The van der Waals surface area contributed by atoms with E-state index in [0.717, 1.165) is 11.3 Å². The van der Waals surface area contributed by atoms with E-state index in [1.165, 1.54) is 39.8 Å². The van der Waals surface area contributed by atoms with Gasteiger partial charge in [0.1, 0.15) is 34.9 Å². The lowest BCUT2D eigenvalue weighted by Crippen LogP contribution is -2.71. The van der Waals surface area contributed by atoms with Crippen LogP contribution < -0.4 is 11.1 Å². The fourth-order valence-electron chi connectivity index (χ4n) is 3.12. The standard InChI is InChI=1S/C17H16BrN7O5S4/c18-1-2-30-24-9(8-5-32-16(19)21-8)12(26)22-10-13(27)25-11(15(28)29)7(3-31-14(10)25)4-33-17-23-20-6-34-17/h5-6,10,14H,1-4H2,(H2,19,21)(H,22,26)(H,28,29)/b24-9-/t10?,14-/m1/s1. The minimum absolute atomic E-state index is 0.0573. The van der Waals surface area contributed by atoms with Crippen LogP contribution in [-0.4, -0.2) is 83.5 Å². The lowest BCUT2D eigenvalue weighted by Gasteiger charge is -2.49. The van der Waals surface area contributed by atoms with Gasteiger partial charge in [0.25, 0.3) is 11.8 Å². The van der Waals surface area contributed by atoms with Crippen molar-refractivity contribution in [3.8, 4) is 0 Å². The summed E-state index contributed by atoms with van der Waals surface area (Å²) in [6, 6.07) is -0.915. The maximum Gasteiger partial charge on any atom is 0.352 e. The molecule has 2 atom stereocenters. The van der Waals surface area contributed by atoms with E-state index in [-0.39, 0.29) is 28.8 Å². The number of aliphatic carboxylic acids is 1. The highest BCUT2D eigenvalue weighted by atomic mass is 79.9. The molecule has 2 aromatic rings. The molecule has 1 saturated heterocycles. The van der Waals surface area contributed by atoms with Gasteiger partial charge >= 0.3 is 5.97 Å². The zero-order chi connectivity index (χ0) is 24.2. The Morgan fingerprint density at radius 2 is 2.26 bits per heavy atom. The molecule has 4 N–H and O–H groups in total. The molecule has 17 heteroatoms. The average molecular weight is 607 g/mol. The van der Waals surface area contributed by atoms with Crippen LogP contribution >= 0.6 is 62.1 Å². The van der Waals surface area contributed by atoms with E-state index in [4.69, 9.17) is 10.6 Å². The number of halogens is 1. The molecule has 0 spiro atoms. The van der Waals surface area contributed by atoms with Crippen LogP contribution in [0.3, 0.4) is 0 Å². The number of fused-ring (bicyclic) bond motifs is 1. The first-order chi connectivity index (χ1) is 16.4. The number of thioether (sulfide) groups is 2. The van der Waals surface area contributed by atoms with Crippen molar-refractivity contribution in [1.82, 2.24) is 25.4 Å². The third-order valence-electron chi connectivity index (χ3n) is 4.55. The molecule has 1 fully saturated rings. The molecule has 1 unspecified atom stereocenters. The summed E-state index contributed by atoms with van der Waals surface area (Å²) in [5, 5.41) is 25.7. The molecule has 4 rings (SSSR count).